The van der Waals surface area contributed by atoms with E-state index in [1.54, 1.807) is 18.2 Å². The second-order valence-corrected chi connectivity index (χ2v) is 5.83. The minimum Gasteiger partial charge on any atom is -0.493 e. The number of carbonyl (C=O) groups is 2. The van der Waals surface area contributed by atoms with E-state index in [0.717, 1.165) is 12.8 Å². The Morgan fingerprint density at radius 2 is 2.12 bits per heavy atom. The first-order valence-electron chi connectivity index (χ1n) is 7.73. The second kappa shape index (κ2) is 8.59. The Bertz CT molecular complexity index is 646. The Hall–Kier alpha value is -2.21. The lowest BCUT2D eigenvalue weighted by Crippen LogP contribution is -2.44. The van der Waals surface area contributed by atoms with E-state index in [4.69, 9.17) is 21.1 Å². The van der Waals surface area contributed by atoms with Crippen molar-refractivity contribution in [1.82, 2.24) is 10.6 Å². The zero-order valence-corrected chi connectivity index (χ0v) is 14.5. The molecule has 2 amide bonds. The highest BCUT2D eigenvalue weighted by Gasteiger charge is 2.21. The van der Waals surface area contributed by atoms with Gasteiger partial charge in [-0.1, -0.05) is 11.6 Å². The fourth-order valence-electron chi connectivity index (χ4n) is 2.50. The quantitative estimate of drug-likeness (QED) is 0.796. The Labute approximate surface area is 146 Å². The van der Waals surface area contributed by atoms with Gasteiger partial charge in [-0.25, -0.2) is 0 Å². The molecule has 6 nitrogen and oxygen atoms in total. The SMILES string of the molecule is COc1cc(C=CC(=O)NC2CCCCNC2=O)cc(Cl)c1OC. The van der Waals surface area contributed by atoms with Crippen molar-refractivity contribution < 1.29 is 19.1 Å². The van der Waals surface area contributed by atoms with Gasteiger partial charge in [0.2, 0.25) is 11.8 Å². The van der Waals surface area contributed by atoms with E-state index in [1.807, 2.05) is 0 Å². The third-order valence-electron chi connectivity index (χ3n) is 3.73. The fraction of sp³-hybridized carbons (Fsp3) is 0.412. The summed E-state index contributed by atoms with van der Waals surface area (Å²) in [5.74, 6) is 0.454. The van der Waals surface area contributed by atoms with E-state index in [-0.39, 0.29) is 11.8 Å². The minimum atomic E-state index is -0.487. The van der Waals surface area contributed by atoms with E-state index < -0.39 is 6.04 Å². The summed E-state index contributed by atoms with van der Waals surface area (Å²) in [5.41, 5.74) is 0.693. The second-order valence-electron chi connectivity index (χ2n) is 5.42. The number of nitrogens with one attached hydrogen (secondary N) is 2. The van der Waals surface area contributed by atoms with Gasteiger partial charge in [-0.15, -0.1) is 0 Å². The molecule has 1 heterocycles. The Morgan fingerprint density at radius 3 is 2.83 bits per heavy atom. The molecule has 24 heavy (non-hydrogen) atoms. The summed E-state index contributed by atoms with van der Waals surface area (Å²) in [5, 5.41) is 5.89. The Morgan fingerprint density at radius 1 is 1.33 bits per heavy atom. The zero-order valence-electron chi connectivity index (χ0n) is 13.7. The number of ether oxygens (including phenoxy) is 2. The standard InChI is InChI=1S/C17H21ClN2O4/c1-23-14-10-11(9-12(18)16(14)24-2)6-7-15(21)20-13-5-3-4-8-19-17(13)22/h6-7,9-10,13H,3-5,8H2,1-2H3,(H,19,22)(H,20,21). The third-order valence-corrected chi connectivity index (χ3v) is 4.02. The molecule has 0 aromatic heterocycles. The summed E-state index contributed by atoms with van der Waals surface area (Å²) in [6.45, 7) is 0.658. The topological polar surface area (TPSA) is 76.7 Å². The summed E-state index contributed by atoms with van der Waals surface area (Å²) in [6, 6.07) is 2.90. The average Bonchev–Trinajstić information content (AvgIpc) is 2.77. The van der Waals surface area contributed by atoms with Crippen LogP contribution >= 0.6 is 11.6 Å². The average molecular weight is 353 g/mol. The number of carbonyl (C=O) groups excluding carboxylic acids is 2. The van der Waals surface area contributed by atoms with Crippen molar-refractivity contribution in [1.29, 1.82) is 0 Å². The molecular formula is C17H21ClN2O4. The summed E-state index contributed by atoms with van der Waals surface area (Å²) in [4.78, 5) is 23.9. The molecule has 1 aromatic carbocycles. The molecule has 0 aliphatic carbocycles. The van der Waals surface area contributed by atoms with E-state index in [1.165, 1.54) is 20.3 Å². The van der Waals surface area contributed by atoms with Gasteiger partial charge in [0.25, 0.3) is 0 Å². The predicted molar refractivity (Wildman–Crippen MR) is 92.4 cm³/mol. The van der Waals surface area contributed by atoms with Crippen molar-refractivity contribution in [2.24, 2.45) is 0 Å². The molecule has 1 unspecified atom stereocenters. The van der Waals surface area contributed by atoms with Crippen LogP contribution in [0.4, 0.5) is 0 Å². The molecule has 1 fully saturated rings. The first kappa shape index (κ1) is 18.1. The van der Waals surface area contributed by atoms with Gasteiger partial charge < -0.3 is 20.1 Å². The number of amides is 2. The molecule has 1 aliphatic heterocycles. The summed E-state index contributed by atoms with van der Waals surface area (Å²) >= 11 is 6.13. The van der Waals surface area contributed by atoms with Crippen LogP contribution in [0.3, 0.4) is 0 Å². The molecule has 1 aliphatic rings. The predicted octanol–water partition coefficient (Wildman–Crippen LogP) is 2.16. The number of halogens is 1. The van der Waals surface area contributed by atoms with Gasteiger partial charge in [0, 0.05) is 12.6 Å². The van der Waals surface area contributed by atoms with Crippen molar-refractivity contribution in [3.63, 3.8) is 0 Å². The highest BCUT2D eigenvalue weighted by molar-refractivity contribution is 6.32. The van der Waals surface area contributed by atoms with E-state index >= 15 is 0 Å². The molecule has 0 bridgehead atoms. The van der Waals surface area contributed by atoms with Gasteiger partial charge in [0.15, 0.2) is 11.5 Å². The summed E-state index contributed by atoms with van der Waals surface area (Å²) < 4.78 is 10.4. The van der Waals surface area contributed by atoms with Gasteiger partial charge in [-0.3, -0.25) is 9.59 Å². The monoisotopic (exact) mass is 352 g/mol. The summed E-state index contributed by atoms with van der Waals surface area (Å²) in [6.07, 6.45) is 5.46. The third kappa shape index (κ3) is 4.64. The van der Waals surface area contributed by atoms with Crippen LogP contribution in [-0.4, -0.2) is 38.6 Å². The number of hydrogen-bond donors (Lipinski definition) is 2. The normalized spacial score (nSPS) is 18.0. The van der Waals surface area contributed by atoms with Gasteiger partial charge >= 0.3 is 0 Å². The van der Waals surface area contributed by atoms with Gasteiger partial charge in [-0.05, 0) is 43.0 Å². The Kier molecular flexibility index (Phi) is 6.49. The lowest BCUT2D eigenvalue weighted by Gasteiger charge is -2.13. The highest BCUT2D eigenvalue weighted by Crippen LogP contribution is 2.36. The lowest BCUT2D eigenvalue weighted by molar-refractivity contribution is -0.126. The smallest absolute Gasteiger partial charge is 0.244 e. The largest absolute Gasteiger partial charge is 0.493 e. The van der Waals surface area contributed by atoms with Crippen LogP contribution < -0.4 is 20.1 Å². The van der Waals surface area contributed by atoms with Gasteiger partial charge in [-0.2, -0.15) is 0 Å². The van der Waals surface area contributed by atoms with Crippen LogP contribution in [0.1, 0.15) is 24.8 Å². The molecule has 0 saturated carbocycles. The van der Waals surface area contributed by atoms with Gasteiger partial charge in [0.1, 0.15) is 6.04 Å². The maximum absolute atomic E-state index is 12.0. The van der Waals surface area contributed by atoms with E-state index in [2.05, 4.69) is 10.6 Å². The zero-order chi connectivity index (χ0) is 17.5. The van der Waals surface area contributed by atoms with Crippen molar-refractivity contribution in [3.05, 3.63) is 28.8 Å². The number of rotatable bonds is 5. The van der Waals surface area contributed by atoms with Crippen LogP contribution in [0, 0.1) is 0 Å². The van der Waals surface area contributed by atoms with Crippen LogP contribution in [0.5, 0.6) is 11.5 Å². The molecule has 2 N–H and O–H groups in total. The van der Waals surface area contributed by atoms with Crippen LogP contribution in [0.15, 0.2) is 18.2 Å². The van der Waals surface area contributed by atoms with E-state index in [0.29, 0.717) is 35.1 Å². The van der Waals surface area contributed by atoms with Crippen molar-refractivity contribution >= 4 is 29.5 Å². The number of hydrogen-bond acceptors (Lipinski definition) is 4. The molecule has 7 heteroatoms. The van der Waals surface area contributed by atoms with Crippen LogP contribution in [0.25, 0.3) is 6.08 Å². The minimum absolute atomic E-state index is 0.136. The molecular weight excluding hydrogens is 332 g/mol. The van der Waals surface area contributed by atoms with Crippen LogP contribution in [-0.2, 0) is 9.59 Å². The van der Waals surface area contributed by atoms with Crippen molar-refractivity contribution in [2.45, 2.75) is 25.3 Å². The molecule has 1 atom stereocenters. The summed E-state index contributed by atoms with van der Waals surface area (Å²) in [7, 11) is 3.02. The Balaban J connectivity index is 2.05. The molecule has 1 aromatic rings. The molecule has 130 valence electrons. The lowest BCUT2D eigenvalue weighted by atomic mass is 10.1. The molecule has 0 radical (unpaired) electrons. The fourth-order valence-corrected chi connectivity index (χ4v) is 2.80. The molecule has 2 rings (SSSR count). The van der Waals surface area contributed by atoms with Crippen molar-refractivity contribution in [2.75, 3.05) is 20.8 Å². The number of benzene rings is 1. The van der Waals surface area contributed by atoms with Gasteiger partial charge in [0.05, 0.1) is 19.2 Å². The first-order chi connectivity index (χ1) is 11.5. The maximum Gasteiger partial charge on any atom is 0.244 e. The van der Waals surface area contributed by atoms with Crippen LogP contribution in [0.2, 0.25) is 5.02 Å². The van der Waals surface area contributed by atoms with Crippen molar-refractivity contribution in [3.8, 4) is 11.5 Å². The van der Waals surface area contributed by atoms with E-state index in [9.17, 15) is 9.59 Å². The maximum atomic E-state index is 12.0. The highest BCUT2D eigenvalue weighted by atomic mass is 35.5. The first-order valence-corrected chi connectivity index (χ1v) is 8.10. The molecule has 1 saturated heterocycles. The molecule has 0 spiro atoms. The number of methoxy groups -OCH3 is 2.